The Bertz CT molecular complexity index is 350. The van der Waals surface area contributed by atoms with Gasteiger partial charge in [-0.3, -0.25) is 0 Å². The quantitative estimate of drug-likeness (QED) is 0.527. The summed E-state index contributed by atoms with van der Waals surface area (Å²) < 4.78 is 0. The van der Waals surface area contributed by atoms with Crippen LogP contribution in [0.3, 0.4) is 0 Å². The van der Waals surface area contributed by atoms with E-state index in [1.54, 1.807) is 18.2 Å². The van der Waals surface area contributed by atoms with Crippen LogP contribution in [0.15, 0.2) is 18.2 Å². The van der Waals surface area contributed by atoms with Crippen LogP contribution in [0.4, 0.5) is 5.69 Å². The van der Waals surface area contributed by atoms with E-state index in [-0.39, 0.29) is 0 Å². The number of anilines is 1. The maximum Gasteiger partial charge on any atom is 0.0488 e. The van der Waals surface area contributed by atoms with Gasteiger partial charge in [-0.05, 0) is 18.2 Å². The normalized spacial score (nSPS) is 9.08. The van der Waals surface area contributed by atoms with Gasteiger partial charge in [0.05, 0.1) is 0 Å². The molecule has 0 spiro atoms. The third kappa shape index (κ3) is 2.98. The topological polar surface area (TPSA) is 52.0 Å². The van der Waals surface area contributed by atoms with Crippen LogP contribution in [-0.2, 0) is 0 Å². The number of nitrogen functional groups attached to an aromatic ring is 1. The number of nitrogens with two attached hydrogens (primary N) is 2. The van der Waals surface area contributed by atoms with Gasteiger partial charge in [0.15, 0.2) is 0 Å². The Balaban J connectivity index is 2.85. The van der Waals surface area contributed by atoms with Gasteiger partial charge in [0.25, 0.3) is 0 Å². The molecule has 0 radical (unpaired) electrons. The predicted octanol–water partition coefficient (Wildman–Crippen LogP) is 1.62. The van der Waals surface area contributed by atoms with Gasteiger partial charge >= 0.3 is 0 Å². The van der Waals surface area contributed by atoms with Crippen molar-refractivity contribution >= 4 is 17.3 Å². The zero-order valence-corrected chi connectivity index (χ0v) is 7.93. The van der Waals surface area contributed by atoms with Crippen molar-refractivity contribution in [2.45, 2.75) is 6.42 Å². The van der Waals surface area contributed by atoms with Crippen LogP contribution >= 0.6 is 11.6 Å². The molecule has 1 aromatic carbocycles. The lowest BCUT2D eigenvalue weighted by Crippen LogP contribution is -1.95. The van der Waals surface area contributed by atoms with Gasteiger partial charge in [0.2, 0.25) is 0 Å². The molecule has 0 saturated heterocycles. The highest BCUT2D eigenvalue weighted by Crippen LogP contribution is 2.16. The summed E-state index contributed by atoms with van der Waals surface area (Å²) in [5.41, 5.74) is 12.4. The predicted molar refractivity (Wildman–Crippen MR) is 56.4 cm³/mol. The standard InChI is InChI=1S/C10H11ClN2/c11-9-5-4-8(10(13)7-9)3-1-2-6-12/h4-5,7H,2,6,12-13H2. The van der Waals surface area contributed by atoms with Crippen LogP contribution in [0.2, 0.25) is 5.02 Å². The first-order valence-corrected chi connectivity index (χ1v) is 4.36. The van der Waals surface area contributed by atoms with Gasteiger partial charge in [-0.15, -0.1) is 0 Å². The summed E-state index contributed by atoms with van der Waals surface area (Å²) in [6.45, 7) is 0.570. The summed E-state index contributed by atoms with van der Waals surface area (Å²) in [7, 11) is 0. The van der Waals surface area contributed by atoms with Gasteiger partial charge in [-0.1, -0.05) is 23.4 Å². The molecule has 0 aliphatic carbocycles. The largest absolute Gasteiger partial charge is 0.398 e. The highest BCUT2D eigenvalue weighted by molar-refractivity contribution is 6.30. The molecule has 4 N–H and O–H groups in total. The third-order valence-corrected chi connectivity index (χ3v) is 1.74. The fraction of sp³-hybridized carbons (Fsp3) is 0.200. The third-order valence-electron chi connectivity index (χ3n) is 1.51. The van der Waals surface area contributed by atoms with E-state index >= 15 is 0 Å². The molecule has 0 unspecified atom stereocenters. The minimum absolute atomic E-state index is 0.570. The monoisotopic (exact) mass is 194 g/mol. The van der Waals surface area contributed by atoms with Gasteiger partial charge in [0.1, 0.15) is 0 Å². The lowest BCUT2D eigenvalue weighted by molar-refractivity contribution is 1.03. The van der Waals surface area contributed by atoms with Crippen LogP contribution in [0.1, 0.15) is 12.0 Å². The maximum atomic E-state index is 5.73. The van der Waals surface area contributed by atoms with Crippen molar-refractivity contribution in [3.63, 3.8) is 0 Å². The summed E-state index contributed by atoms with van der Waals surface area (Å²) >= 11 is 5.73. The van der Waals surface area contributed by atoms with Crippen LogP contribution in [0.5, 0.6) is 0 Å². The van der Waals surface area contributed by atoms with E-state index in [1.165, 1.54) is 0 Å². The van der Waals surface area contributed by atoms with Crippen molar-refractivity contribution < 1.29 is 0 Å². The number of hydrogen-bond acceptors (Lipinski definition) is 2. The van der Waals surface area contributed by atoms with Crippen molar-refractivity contribution in [1.82, 2.24) is 0 Å². The molecule has 0 bridgehead atoms. The highest BCUT2D eigenvalue weighted by Gasteiger charge is 1.94. The van der Waals surface area contributed by atoms with Crippen molar-refractivity contribution in [3.8, 4) is 11.8 Å². The van der Waals surface area contributed by atoms with Crippen molar-refractivity contribution in [2.24, 2.45) is 5.73 Å². The lowest BCUT2D eigenvalue weighted by atomic mass is 10.2. The molecule has 0 aliphatic rings. The zero-order valence-electron chi connectivity index (χ0n) is 7.18. The Morgan fingerprint density at radius 2 is 2.15 bits per heavy atom. The summed E-state index contributed by atoms with van der Waals surface area (Å²) in [6.07, 6.45) is 0.683. The molecule has 13 heavy (non-hydrogen) atoms. The SMILES string of the molecule is NCCC#Cc1ccc(Cl)cc1N. The van der Waals surface area contributed by atoms with Crippen molar-refractivity contribution in [1.29, 1.82) is 0 Å². The minimum atomic E-state index is 0.570. The molecule has 0 heterocycles. The van der Waals surface area contributed by atoms with Gasteiger partial charge in [-0.2, -0.15) is 0 Å². The number of rotatable bonds is 1. The smallest absolute Gasteiger partial charge is 0.0488 e. The Morgan fingerprint density at radius 3 is 2.77 bits per heavy atom. The van der Waals surface area contributed by atoms with Crippen molar-refractivity contribution in [2.75, 3.05) is 12.3 Å². The Morgan fingerprint density at radius 1 is 1.38 bits per heavy atom. The molecule has 2 nitrogen and oxygen atoms in total. The Labute approximate surface area is 82.9 Å². The van der Waals surface area contributed by atoms with Crippen LogP contribution in [0.25, 0.3) is 0 Å². The fourth-order valence-electron chi connectivity index (χ4n) is 0.877. The Hall–Kier alpha value is -1.17. The second kappa shape index (κ2) is 4.76. The number of benzene rings is 1. The number of halogens is 1. The first-order chi connectivity index (χ1) is 6.24. The fourth-order valence-corrected chi connectivity index (χ4v) is 1.06. The van der Waals surface area contributed by atoms with Gasteiger partial charge in [0, 0.05) is 29.2 Å². The Kier molecular flexibility index (Phi) is 3.63. The average molecular weight is 195 g/mol. The molecule has 1 rings (SSSR count). The van der Waals surface area contributed by atoms with E-state index < -0.39 is 0 Å². The van der Waals surface area contributed by atoms with Crippen molar-refractivity contribution in [3.05, 3.63) is 28.8 Å². The second-order valence-corrected chi connectivity index (χ2v) is 3.01. The van der Waals surface area contributed by atoms with Crippen LogP contribution in [0, 0.1) is 11.8 Å². The first kappa shape index (κ1) is 9.91. The molecule has 0 fully saturated rings. The highest BCUT2D eigenvalue weighted by atomic mass is 35.5. The lowest BCUT2D eigenvalue weighted by Gasteiger charge is -1.97. The molecule has 0 amide bonds. The average Bonchev–Trinajstić information content (AvgIpc) is 2.09. The van der Waals surface area contributed by atoms with E-state index in [1.807, 2.05) is 0 Å². The summed E-state index contributed by atoms with van der Waals surface area (Å²) in [5, 5.41) is 0.627. The zero-order chi connectivity index (χ0) is 9.68. The van der Waals surface area contributed by atoms with E-state index in [0.717, 1.165) is 5.56 Å². The molecule has 0 aromatic heterocycles. The van der Waals surface area contributed by atoms with Crippen LogP contribution in [-0.4, -0.2) is 6.54 Å². The molecule has 3 heteroatoms. The van der Waals surface area contributed by atoms with E-state index in [9.17, 15) is 0 Å². The molecular formula is C10H11ClN2. The molecular weight excluding hydrogens is 184 g/mol. The first-order valence-electron chi connectivity index (χ1n) is 3.98. The minimum Gasteiger partial charge on any atom is -0.398 e. The second-order valence-electron chi connectivity index (χ2n) is 2.57. The summed E-state index contributed by atoms with van der Waals surface area (Å²) in [6, 6.07) is 5.26. The van der Waals surface area contributed by atoms with E-state index in [0.29, 0.717) is 23.7 Å². The van der Waals surface area contributed by atoms with Crippen LogP contribution < -0.4 is 11.5 Å². The summed E-state index contributed by atoms with van der Waals surface area (Å²) in [5.74, 6) is 5.84. The molecule has 68 valence electrons. The maximum absolute atomic E-state index is 5.73. The summed E-state index contributed by atoms with van der Waals surface area (Å²) in [4.78, 5) is 0. The molecule has 0 saturated carbocycles. The molecule has 1 aromatic rings. The number of hydrogen-bond donors (Lipinski definition) is 2. The van der Waals surface area contributed by atoms with Gasteiger partial charge in [-0.25, -0.2) is 0 Å². The van der Waals surface area contributed by atoms with E-state index in [4.69, 9.17) is 23.1 Å². The van der Waals surface area contributed by atoms with E-state index in [2.05, 4.69) is 11.8 Å². The molecule has 0 aliphatic heterocycles. The molecule has 0 atom stereocenters. The van der Waals surface area contributed by atoms with Gasteiger partial charge < -0.3 is 11.5 Å².